The van der Waals surface area contributed by atoms with Gasteiger partial charge in [0.1, 0.15) is 11.4 Å². The maximum atomic E-state index is 13.0. The van der Waals surface area contributed by atoms with Crippen LogP contribution >= 0.6 is 0 Å². The normalized spacial score (nSPS) is 13.6. The van der Waals surface area contributed by atoms with Gasteiger partial charge in [-0.2, -0.15) is 0 Å². The first-order valence-corrected chi connectivity index (χ1v) is 7.74. The predicted octanol–water partition coefficient (Wildman–Crippen LogP) is 1.68. The first-order chi connectivity index (χ1) is 11.8. The van der Waals surface area contributed by atoms with Crippen molar-refractivity contribution in [3.63, 3.8) is 0 Å². The van der Waals surface area contributed by atoms with Crippen LogP contribution in [0.25, 0.3) is 11.4 Å². The Morgan fingerprint density at radius 2 is 1.50 bits per heavy atom. The zero-order chi connectivity index (χ0) is 16.5. The van der Waals surface area contributed by atoms with Crippen molar-refractivity contribution in [2.24, 2.45) is 4.99 Å². The van der Waals surface area contributed by atoms with E-state index in [4.69, 9.17) is 0 Å². The van der Waals surface area contributed by atoms with Crippen molar-refractivity contribution in [2.75, 3.05) is 13.1 Å². The van der Waals surface area contributed by atoms with Crippen LogP contribution in [-0.2, 0) is 0 Å². The van der Waals surface area contributed by atoms with Crippen LogP contribution in [-0.4, -0.2) is 33.4 Å². The second-order valence-corrected chi connectivity index (χ2v) is 5.46. The van der Waals surface area contributed by atoms with Crippen LogP contribution < -0.4 is 10.9 Å². The largest absolute Gasteiger partial charge is 0.493 e. The highest BCUT2D eigenvalue weighted by molar-refractivity contribution is 6.01. The van der Waals surface area contributed by atoms with Gasteiger partial charge in [0, 0.05) is 6.54 Å². The summed E-state index contributed by atoms with van der Waals surface area (Å²) in [5.41, 5.74) is 1.25. The molecule has 0 amide bonds. The molecule has 0 fully saturated rings. The van der Waals surface area contributed by atoms with Crippen molar-refractivity contribution < 1.29 is 5.11 Å². The Labute approximate surface area is 138 Å². The van der Waals surface area contributed by atoms with Gasteiger partial charge in [0.2, 0.25) is 5.88 Å². The third-order valence-corrected chi connectivity index (χ3v) is 3.94. The number of aromatic nitrogens is 2. The van der Waals surface area contributed by atoms with Gasteiger partial charge >= 0.3 is 0 Å². The van der Waals surface area contributed by atoms with E-state index in [1.54, 1.807) is 0 Å². The molecule has 120 valence electrons. The van der Waals surface area contributed by atoms with Gasteiger partial charge in [-0.15, -0.1) is 0 Å². The first kappa shape index (κ1) is 14.3. The predicted molar refractivity (Wildman–Crippen MR) is 92.4 cm³/mol. The number of amidine groups is 1. The number of para-hydroxylation sites is 2. The van der Waals surface area contributed by atoms with E-state index in [1.165, 1.54) is 9.36 Å². The minimum atomic E-state index is -0.310. The monoisotopic (exact) mass is 320 g/mol. The molecule has 0 spiro atoms. The van der Waals surface area contributed by atoms with Gasteiger partial charge in [0.25, 0.3) is 5.56 Å². The standard InChI is InChI=1S/C18H16N4O2/c23-17-15(16-19-11-12-20-16)18(24)22(14-9-5-2-6-10-14)21(17)13-7-3-1-4-8-13/h1-10,23H,11-12H2,(H,19,20). The molecule has 3 aromatic rings. The highest BCUT2D eigenvalue weighted by Crippen LogP contribution is 2.23. The number of aliphatic imine (C=N–C) groups is 1. The summed E-state index contributed by atoms with van der Waals surface area (Å²) < 4.78 is 2.97. The van der Waals surface area contributed by atoms with Crippen molar-refractivity contribution in [1.82, 2.24) is 14.7 Å². The molecule has 2 N–H and O–H groups in total. The van der Waals surface area contributed by atoms with Gasteiger partial charge in [-0.25, -0.2) is 9.36 Å². The Hall–Kier alpha value is -3.28. The number of hydrogen-bond acceptors (Lipinski definition) is 4. The van der Waals surface area contributed by atoms with Crippen molar-refractivity contribution in [3.8, 4) is 17.3 Å². The molecule has 1 aliphatic heterocycles. The average Bonchev–Trinajstić information content (AvgIpc) is 3.22. The molecule has 6 heteroatoms. The summed E-state index contributed by atoms with van der Waals surface area (Å²) in [4.78, 5) is 17.3. The third kappa shape index (κ3) is 2.20. The summed E-state index contributed by atoms with van der Waals surface area (Å²) in [5, 5.41) is 13.8. The summed E-state index contributed by atoms with van der Waals surface area (Å²) in [7, 11) is 0. The lowest BCUT2D eigenvalue weighted by Gasteiger charge is -2.12. The number of nitrogens with one attached hydrogen (secondary N) is 1. The van der Waals surface area contributed by atoms with Gasteiger partial charge in [0.15, 0.2) is 0 Å². The fourth-order valence-electron chi connectivity index (χ4n) is 2.87. The Morgan fingerprint density at radius 1 is 0.917 bits per heavy atom. The van der Waals surface area contributed by atoms with E-state index in [2.05, 4.69) is 10.3 Å². The quantitative estimate of drug-likeness (QED) is 0.771. The molecule has 0 saturated heterocycles. The van der Waals surface area contributed by atoms with Crippen LogP contribution in [0.1, 0.15) is 5.56 Å². The van der Waals surface area contributed by atoms with E-state index in [-0.39, 0.29) is 17.0 Å². The SMILES string of the molecule is O=c1c(C2=NCCN2)c(O)n(-c2ccccc2)n1-c1ccccc1. The lowest BCUT2D eigenvalue weighted by molar-refractivity contribution is 0.424. The van der Waals surface area contributed by atoms with E-state index in [1.807, 2.05) is 60.7 Å². The van der Waals surface area contributed by atoms with Gasteiger partial charge in [0.05, 0.1) is 17.9 Å². The topological polar surface area (TPSA) is 71.6 Å². The highest BCUT2D eigenvalue weighted by Gasteiger charge is 2.26. The maximum absolute atomic E-state index is 13.0. The maximum Gasteiger partial charge on any atom is 0.286 e. The van der Waals surface area contributed by atoms with E-state index in [9.17, 15) is 9.90 Å². The molecule has 24 heavy (non-hydrogen) atoms. The molecular weight excluding hydrogens is 304 g/mol. The Bertz CT molecular complexity index is 956. The molecule has 1 aliphatic rings. The smallest absolute Gasteiger partial charge is 0.286 e. The van der Waals surface area contributed by atoms with E-state index in [0.29, 0.717) is 30.3 Å². The summed E-state index contributed by atoms with van der Waals surface area (Å²) in [6.07, 6.45) is 0. The molecule has 0 atom stereocenters. The summed E-state index contributed by atoms with van der Waals surface area (Å²) in [6.45, 7) is 1.26. The molecule has 0 aliphatic carbocycles. The van der Waals surface area contributed by atoms with E-state index < -0.39 is 0 Å². The van der Waals surface area contributed by atoms with Crippen LogP contribution in [0.15, 0.2) is 70.5 Å². The van der Waals surface area contributed by atoms with Gasteiger partial charge < -0.3 is 10.4 Å². The molecule has 2 aromatic carbocycles. The minimum Gasteiger partial charge on any atom is -0.493 e. The zero-order valence-corrected chi connectivity index (χ0v) is 12.9. The van der Waals surface area contributed by atoms with Crippen LogP contribution in [0.3, 0.4) is 0 Å². The second kappa shape index (κ2) is 5.73. The zero-order valence-electron chi connectivity index (χ0n) is 12.9. The van der Waals surface area contributed by atoms with Crippen molar-refractivity contribution in [3.05, 3.63) is 76.6 Å². The second-order valence-electron chi connectivity index (χ2n) is 5.46. The molecule has 1 aromatic heterocycles. The first-order valence-electron chi connectivity index (χ1n) is 7.74. The molecule has 0 bridgehead atoms. The van der Waals surface area contributed by atoms with Gasteiger partial charge in [-0.05, 0) is 24.3 Å². The van der Waals surface area contributed by atoms with Crippen molar-refractivity contribution >= 4 is 5.84 Å². The summed E-state index contributed by atoms with van der Waals surface area (Å²) in [6, 6.07) is 18.5. The Morgan fingerprint density at radius 3 is 2.04 bits per heavy atom. The number of hydrogen-bond donors (Lipinski definition) is 2. The fraction of sp³-hybridized carbons (Fsp3) is 0.111. The summed E-state index contributed by atoms with van der Waals surface area (Å²) in [5.74, 6) is 0.320. The Kier molecular flexibility index (Phi) is 3.42. The molecule has 0 saturated carbocycles. The fourth-order valence-corrected chi connectivity index (χ4v) is 2.87. The summed E-state index contributed by atoms with van der Waals surface area (Å²) >= 11 is 0. The van der Waals surface area contributed by atoms with Crippen LogP contribution in [0, 0.1) is 0 Å². The highest BCUT2D eigenvalue weighted by atomic mass is 16.3. The molecule has 4 rings (SSSR count). The molecule has 0 unspecified atom stereocenters. The van der Waals surface area contributed by atoms with E-state index in [0.717, 1.165) is 0 Å². The molecule has 0 radical (unpaired) electrons. The minimum absolute atomic E-state index is 0.122. The van der Waals surface area contributed by atoms with Gasteiger partial charge in [-0.3, -0.25) is 9.79 Å². The Balaban J connectivity index is 2.04. The molecule has 6 nitrogen and oxygen atoms in total. The van der Waals surface area contributed by atoms with Crippen LogP contribution in [0.2, 0.25) is 0 Å². The lowest BCUT2D eigenvalue weighted by Crippen LogP contribution is -2.28. The number of benzene rings is 2. The lowest BCUT2D eigenvalue weighted by atomic mass is 10.3. The molecular formula is C18H16N4O2. The average molecular weight is 320 g/mol. The van der Waals surface area contributed by atoms with Crippen LogP contribution in [0.5, 0.6) is 5.88 Å². The third-order valence-electron chi connectivity index (χ3n) is 3.94. The van der Waals surface area contributed by atoms with Crippen LogP contribution in [0.4, 0.5) is 0 Å². The van der Waals surface area contributed by atoms with E-state index >= 15 is 0 Å². The number of rotatable bonds is 3. The number of nitrogens with zero attached hydrogens (tertiary/aromatic N) is 3. The van der Waals surface area contributed by atoms with Gasteiger partial charge in [-0.1, -0.05) is 36.4 Å². The molecule has 2 heterocycles. The van der Waals surface area contributed by atoms with Crippen molar-refractivity contribution in [2.45, 2.75) is 0 Å². The number of aromatic hydroxyl groups is 1. The van der Waals surface area contributed by atoms with Crippen molar-refractivity contribution in [1.29, 1.82) is 0 Å².